The standard InChI is InChI=1S/C27H50O7/c1-4-7-10-13-16-19-22(23(28)29)27(34,25(32)33)26(24(30)31,20-17-14-11-8-5-2)21-18-15-12-9-6-3/h22,34H,4-21H2,1-3H3,(H,28,29)(H,30,31)(H,32,33). The Morgan fingerprint density at radius 3 is 1.29 bits per heavy atom. The van der Waals surface area contributed by atoms with E-state index in [2.05, 4.69) is 20.8 Å². The molecule has 0 saturated heterocycles. The fraction of sp³-hybridized carbons (Fsp3) is 0.889. The van der Waals surface area contributed by atoms with Gasteiger partial charge in [0, 0.05) is 0 Å². The van der Waals surface area contributed by atoms with E-state index < -0.39 is 34.8 Å². The average molecular weight is 487 g/mol. The average Bonchev–Trinajstić information content (AvgIpc) is 2.78. The van der Waals surface area contributed by atoms with Crippen molar-refractivity contribution < 1.29 is 34.8 Å². The van der Waals surface area contributed by atoms with Crippen LogP contribution in [0.5, 0.6) is 0 Å². The van der Waals surface area contributed by atoms with Gasteiger partial charge in [-0.1, -0.05) is 117 Å². The first-order valence-corrected chi connectivity index (χ1v) is 13.6. The molecule has 0 aromatic heterocycles. The van der Waals surface area contributed by atoms with Crippen molar-refractivity contribution in [2.24, 2.45) is 11.3 Å². The quantitative estimate of drug-likeness (QED) is 0.119. The van der Waals surface area contributed by atoms with Crippen LogP contribution < -0.4 is 0 Å². The Kier molecular flexibility index (Phi) is 16.9. The van der Waals surface area contributed by atoms with Gasteiger partial charge in [0.15, 0.2) is 5.60 Å². The minimum absolute atomic E-state index is 0.0394. The van der Waals surface area contributed by atoms with E-state index in [1.54, 1.807) is 0 Å². The van der Waals surface area contributed by atoms with Gasteiger partial charge in [0.25, 0.3) is 0 Å². The highest BCUT2D eigenvalue weighted by atomic mass is 16.4. The van der Waals surface area contributed by atoms with Gasteiger partial charge in [0.05, 0.1) is 5.92 Å². The van der Waals surface area contributed by atoms with Crippen molar-refractivity contribution in [3.63, 3.8) is 0 Å². The summed E-state index contributed by atoms with van der Waals surface area (Å²) in [5.41, 5.74) is -4.91. The molecule has 0 bridgehead atoms. The third kappa shape index (κ3) is 9.55. The minimum Gasteiger partial charge on any atom is -0.481 e. The third-order valence-electron chi connectivity index (χ3n) is 7.28. The molecule has 7 nitrogen and oxygen atoms in total. The number of carbonyl (C=O) groups is 3. The molecule has 0 spiro atoms. The molecule has 0 radical (unpaired) electrons. The van der Waals surface area contributed by atoms with E-state index in [0.717, 1.165) is 77.0 Å². The molecule has 0 aromatic rings. The van der Waals surface area contributed by atoms with E-state index in [1.807, 2.05) is 0 Å². The van der Waals surface area contributed by atoms with Crippen LogP contribution in [-0.4, -0.2) is 43.9 Å². The SMILES string of the molecule is CCCCCCCC(C(=O)O)C(O)(C(=O)O)C(CCCCCCC)(CCCCCCC)C(=O)O. The number of hydrogen-bond donors (Lipinski definition) is 4. The van der Waals surface area contributed by atoms with Gasteiger partial charge in [0.1, 0.15) is 5.41 Å². The Labute approximate surface area is 206 Å². The van der Waals surface area contributed by atoms with Gasteiger partial charge in [-0.05, 0) is 19.3 Å². The zero-order valence-corrected chi connectivity index (χ0v) is 21.8. The van der Waals surface area contributed by atoms with Crippen LogP contribution in [0.25, 0.3) is 0 Å². The molecule has 2 atom stereocenters. The summed E-state index contributed by atoms with van der Waals surface area (Å²) >= 11 is 0. The molecule has 4 N–H and O–H groups in total. The maximum atomic E-state index is 12.7. The van der Waals surface area contributed by atoms with Crippen molar-refractivity contribution in [2.45, 2.75) is 142 Å². The van der Waals surface area contributed by atoms with E-state index >= 15 is 0 Å². The maximum absolute atomic E-state index is 12.7. The monoisotopic (exact) mass is 486 g/mol. The summed E-state index contributed by atoms with van der Waals surface area (Å²) in [5, 5.41) is 42.2. The molecule has 0 fully saturated rings. The number of hydrogen-bond acceptors (Lipinski definition) is 4. The van der Waals surface area contributed by atoms with E-state index in [0.29, 0.717) is 19.3 Å². The Balaban J connectivity index is 6.06. The second kappa shape index (κ2) is 17.8. The Hall–Kier alpha value is -1.63. The highest BCUT2D eigenvalue weighted by Crippen LogP contribution is 2.48. The van der Waals surface area contributed by atoms with Crippen LogP contribution in [0.4, 0.5) is 0 Å². The van der Waals surface area contributed by atoms with Gasteiger partial charge in [0.2, 0.25) is 0 Å². The zero-order valence-electron chi connectivity index (χ0n) is 21.8. The van der Waals surface area contributed by atoms with Gasteiger partial charge in [-0.3, -0.25) is 9.59 Å². The Bertz CT molecular complexity index is 576. The molecule has 7 heteroatoms. The zero-order chi connectivity index (χ0) is 26.0. The predicted molar refractivity (Wildman–Crippen MR) is 134 cm³/mol. The fourth-order valence-electron chi connectivity index (χ4n) is 5.09. The molecule has 0 aliphatic heterocycles. The lowest BCUT2D eigenvalue weighted by Crippen LogP contribution is -2.64. The summed E-state index contributed by atoms with van der Waals surface area (Å²) in [6, 6.07) is 0. The molecule has 0 saturated carbocycles. The first kappa shape index (κ1) is 32.4. The molecule has 0 amide bonds. The summed E-state index contributed by atoms with van der Waals surface area (Å²) in [6.45, 7) is 6.20. The van der Waals surface area contributed by atoms with Crippen molar-refractivity contribution in [2.75, 3.05) is 0 Å². The summed E-state index contributed by atoms with van der Waals surface area (Å²) in [5.74, 6) is -6.25. The first-order chi connectivity index (χ1) is 16.2. The Morgan fingerprint density at radius 1 is 0.588 bits per heavy atom. The van der Waals surface area contributed by atoms with Crippen LogP contribution in [0.2, 0.25) is 0 Å². The number of rotatable bonds is 23. The number of aliphatic hydroxyl groups is 1. The molecule has 0 aromatic carbocycles. The number of unbranched alkanes of at least 4 members (excludes halogenated alkanes) is 12. The highest BCUT2D eigenvalue weighted by molar-refractivity contribution is 5.93. The second-order valence-corrected chi connectivity index (χ2v) is 9.88. The van der Waals surface area contributed by atoms with Crippen LogP contribution >= 0.6 is 0 Å². The van der Waals surface area contributed by atoms with Crippen molar-refractivity contribution >= 4 is 17.9 Å². The van der Waals surface area contributed by atoms with E-state index in [1.165, 1.54) is 0 Å². The summed E-state index contributed by atoms with van der Waals surface area (Å²) in [7, 11) is 0. The number of carboxylic acids is 3. The van der Waals surface area contributed by atoms with Crippen LogP contribution in [0.3, 0.4) is 0 Å². The van der Waals surface area contributed by atoms with Gasteiger partial charge in [-0.2, -0.15) is 0 Å². The minimum atomic E-state index is -2.87. The van der Waals surface area contributed by atoms with Crippen molar-refractivity contribution in [1.29, 1.82) is 0 Å². The fourth-order valence-corrected chi connectivity index (χ4v) is 5.09. The molecule has 34 heavy (non-hydrogen) atoms. The first-order valence-electron chi connectivity index (χ1n) is 13.6. The Morgan fingerprint density at radius 2 is 0.971 bits per heavy atom. The maximum Gasteiger partial charge on any atom is 0.337 e. The molecular weight excluding hydrogens is 436 g/mol. The van der Waals surface area contributed by atoms with Gasteiger partial charge < -0.3 is 20.4 Å². The molecule has 0 rings (SSSR count). The molecular formula is C27H50O7. The summed E-state index contributed by atoms with van der Waals surface area (Å²) < 4.78 is 0. The van der Waals surface area contributed by atoms with Crippen LogP contribution in [0.15, 0.2) is 0 Å². The van der Waals surface area contributed by atoms with Crippen LogP contribution in [-0.2, 0) is 14.4 Å². The summed E-state index contributed by atoms with van der Waals surface area (Å²) in [6.07, 6.45) is 12.1. The lowest BCUT2D eigenvalue weighted by Gasteiger charge is -2.45. The van der Waals surface area contributed by atoms with Gasteiger partial charge >= 0.3 is 17.9 Å². The van der Waals surface area contributed by atoms with E-state index in [-0.39, 0.29) is 19.3 Å². The van der Waals surface area contributed by atoms with Crippen molar-refractivity contribution in [3.05, 3.63) is 0 Å². The topological polar surface area (TPSA) is 132 Å². The molecule has 0 aliphatic carbocycles. The smallest absolute Gasteiger partial charge is 0.337 e. The lowest BCUT2D eigenvalue weighted by atomic mass is 9.59. The van der Waals surface area contributed by atoms with E-state index in [4.69, 9.17) is 0 Å². The summed E-state index contributed by atoms with van der Waals surface area (Å²) in [4.78, 5) is 37.5. The van der Waals surface area contributed by atoms with Crippen molar-refractivity contribution in [1.82, 2.24) is 0 Å². The molecule has 0 aliphatic rings. The van der Waals surface area contributed by atoms with Crippen LogP contribution in [0.1, 0.15) is 136 Å². The normalized spacial score (nSPS) is 14.5. The van der Waals surface area contributed by atoms with Gasteiger partial charge in [-0.15, -0.1) is 0 Å². The highest BCUT2D eigenvalue weighted by Gasteiger charge is 2.65. The lowest BCUT2D eigenvalue weighted by molar-refractivity contribution is -0.207. The third-order valence-corrected chi connectivity index (χ3v) is 7.28. The molecule has 0 heterocycles. The van der Waals surface area contributed by atoms with Crippen LogP contribution in [0, 0.1) is 11.3 Å². The second-order valence-electron chi connectivity index (χ2n) is 9.88. The number of carboxylic acid groups (broad SMARTS) is 3. The largest absolute Gasteiger partial charge is 0.481 e. The van der Waals surface area contributed by atoms with E-state index in [9.17, 15) is 34.8 Å². The molecule has 2 unspecified atom stereocenters. The van der Waals surface area contributed by atoms with Gasteiger partial charge in [-0.25, -0.2) is 4.79 Å². The molecule has 200 valence electrons. The predicted octanol–water partition coefficient (Wildman–Crippen LogP) is 6.66. The number of aliphatic carboxylic acids is 3. The van der Waals surface area contributed by atoms with Crippen molar-refractivity contribution in [3.8, 4) is 0 Å².